The summed E-state index contributed by atoms with van der Waals surface area (Å²) < 4.78 is 5.30. The Morgan fingerprint density at radius 2 is 1.75 bits per heavy atom. The lowest BCUT2D eigenvalue weighted by atomic mass is 8.96. The van der Waals surface area contributed by atoms with Crippen LogP contribution < -0.4 is 15.4 Å². The number of carbonyl (C=O) groups is 2. The molecule has 8 rings (SSSR count). The summed E-state index contributed by atoms with van der Waals surface area (Å²) in [4.78, 5) is 26.1. The minimum Gasteiger partial charge on any atom is -0.495 e. The summed E-state index contributed by atoms with van der Waals surface area (Å²) in [5.74, 6) is 5.96. The SMILES string of the molecule is COc1ccccc1NC(=O)c1c(NC(=O)C23C4C5C6C4C2C6C53)n[nH]c1C. The minimum absolute atomic E-state index is 0.0761. The number of ether oxygens (including phenoxy) is 1. The van der Waals surface area contributed by atoms with Gasteiger partial charge in [-0.3, -0.25) is 14.7 Å². The number of hydrogen-bond acceptors (Lipinski definition) is 4. The van der Waals surface area contributed by atoms with Crippen LogP contribution in [0.25, 0.3) is 0 Å². The Bertz CT molecular complexity index is 1040. The Kier molecular flexibility index (Phi) is 2.39. The standard InChI is InChI=1S/C21H20N4O3/c1-7-10(19(26)22-8-5-3-4-6-9(8)28-2)18(25-24-7)23-20(27)21-15-12-11-13(15)17(21)14(11)16(12)21/h3-6,11-17H,1-2H3,(H,22,26)(H2,23,24,25,27). The number of para-hydroxylation sites is 2. The van der Waals surface area contributed by atoms with Gasteiger partial charge in [-0.05, 0) is 60.5 Å². The molecule has 0 saturated heterocycles. The molecule has 0 spiro atoms. The van der Waals surface area contributed by atoms with Crippen molar-refractivity contribution in [3.63, 3.8) is 0 Å². The molecule has 2 aromatic rings. The lowest BCUT2D eigenvalue weighted by molar-refractivity contribution is -0.595. The monoisotopic (exact) mass is 376 g/mol. The highest BCUT2D eigenvalue weighted by Crippen LogP contribution is 3.05. The van der Waals surface area contributed by atoms with E-state index >= 15 is 0 Å². The first-order chi connectivity index (χ1) is 13.6. The van der Waals surface area contributed by atoms with Crippen molar-refractivity contribution in [1.29, 1.82) is 0 Å². The van der Waals surface area contributed by atoms with Crippen LogP contribution in [-0.2, 0) is 4.79 Å². The van der Waals surface area contributed by atoms with Gasteiger partial charge in [0.15, 0.2) is 5.82 Å². The molecule has 2 amide bonds. The van der Waals surface area contributed by atoms with Gasteiger partial charge in [-0.15, -0.1) is 0 Å². The van der Waals surface area contributed by atoms with Crippen molar-refractivity contribution in [2.24, 2.45) is 46.8 Å². The fourth-order valence-corrected chi connectivity index (χ4v) is 7.83. The van der Waals surface area contributed by atoms with E-state index < -0.39 is 0 Å². The summed E-state index contributed by atoms with van der Waals surface area (Å²) in [5.41, 5.74) is 1.44. The zero-order valence-electron chi connectivity index (χ0n) is 15.5. The van der Waals surface area contributed by atoms with Gasteiger partial charge in [0.05, 0.1) is 18.2 Å². The number of benzene rings is 1. The molecule has 0 bridgehead atoms. The predicted molar refractivity (Wildman–Crippen MR) is 99.8 cm³/mol. The molecule has 7 heteroatoms. The Balaban J connectivity index is 1.14. The number of nitrogens with one attached hydrogen (secondary N) is 3. The molecule has 7 nitrogen and oxygen atoms in total. The molecule has 1 heterocycles. The lowest BCUT2D eigenvalue weighted by Crippen LogP contribution is -3.06. The van der Waals surface area contributed by atoms with E-state index in [0.29, 0.717) is 46.3 Å². The zero-order chi connectivity index (χ0) is 18.9. The van der Waals surface area contributed by atoms with Gasteiger partial charge in [0, 0.05) is 5.69 Å². The third-order valence-electron chi connectivity index (χ3n) is 8.63. The predicted octanol–water partition coefficient (Wildman–Crippen LogP) is 2.29. The van der Waals surface area contributed by atoms with Crippen LogP contribution in [-0.4, -0.2) is 29.1 Å². The molecule has 0 atom stereocenters. The molecular formula is C21H20N4O3. The third-order valence-corrected chi connectivity index (χ3v) is 8.63. The van der Waals surface area contributed by atoms with Gasteiger partial charge in [0.2, 0.25) is 5.91 Å². The maximum absolute atomic E-state index is 13.1. The van der Waals surface area contributed by atoms with Crippen LogP contribution in [0.15, 0.2) is 24.3 Å². The maximum Gasteiger partial charge on any atom is 0.261 e. The van der Waals surface area contributed by atoms with E-state index in [2.05, 4.69) is 20.8 Å². The first kappa shape index (κ1) is 15.1. The molecular weight excluding hydrogens is 356 g/mol. The maximum atomic E-state index is 13.1. The van der Waals surface area contributed by atoms with Crippen molar-refractivity contribution >= 4 is 23.3 Å². The van der Waals surface area contributed by atoms with Gasteiger partial charge < -0.3 is 15.4 Å². The first-order valence-corrected chi connectivity index (χ1v) is 9.91. The second-order valence-electron chi connectivity index (χ2n) is 9.00. The molecule has 0 unspecified atom stereocenters. The Hall–Kier alpha value is -2.83. The molecule has 1 aromatic carbocycles. The highest BCUT2D eigenvalue weighted by molar-refractivity contribution is 6.11. The second kappa shape index (κ2) is 4.42. The zero-order valence-corrected chi connectivity index (χ0v) is 15.5. The average molecular weight is 376 g/mol. The number of methoxy groups -OCH3 is 1. The van der Waals surface area contributed by atoms with Crippen LogP contribution in [0.1, 0.15) is 16.1 Å². The summed E-state index contributed by atoms with van der Waals surface area (Å²) in [7, 11) is 1.56. The molecule has 0 radical (unpaired) electrons. The van der Waals surface area contributed by atoms with Gasteiger partial charge in [0.1, 0.15) is 11.3 Å². The van der Waals surface area contributed by atoms with E-state index in [1.807, 2.05) is 12.1 Å². The number of aromatic nitrogens is 2. The molecule has 0 aliphatic heterocycles. The van der Waals surface area contributed by atoms with Gasteiger partial charge in [-0.1, -0.05) is 12.1 Å². The number of carbonyl (C=O) groups excluding carboxylic acids is 2. The molecule has 6 aliphatic rings. The minimum atomic E-state index is -0.319. The van der Waals surface area contributed by atoms with Crippen LogP contribution in [0, 0.1) is 53.8 Å². The molecule has 6 fully saturated rings. The fourth-order valence-electron chi connectivity index (χ4n) is 7.83. The lowest BCUT2D eigenvalue weighted by Gasteiger charge is -3.06. The van der Waals surface area contributed by atoms with Crippen molar-refractivity contribution in [3.8, 4) is 5.75 Å². The number of hydrogen-bond donors (Lipinski definition) is 3. The number of anilines is 2. The molecule has 3 N–H and O–H groups in total. The summed E-state index contributed by atoms with van der Waals surface area (Å²) in [6.07, 6.45) is 0. The van der Waals surface area contributed by atoms with E-state index in [1.54, 1.807) is 26.2 Å². The summed E-state index contributed by atoms with van der Waals surface area (Å²) in [6.45, 7) is 1.78. The molecule has 1 aromatic heterocycles. The number of aryl methyl sites for hydroxylation is 1. The normalized spacial score (nSPS) is 41.3. The highest BCUT2D eigenvalue weighted by atomic mass is 16.5. The van der Waals surface area contributed by atoms with Crippen LogP contribution in [0.4, 0.5) is 11.5 Å². The quantitative estimate of drug-likeness (QED) is 0.746. The molecule has 6 saturated carbocycles. The van der Waals surface area contributed by atoms with E-state index in [4.69, 9.17) is 4.74 Å². The topological polar surface area (TPSA) is 96.1 Å². The van der Waals surface area contributed by atoms with Crippen LogP contribution in [0.3, 0.4) is 0 Å². The summed E-state index contributed by atoms with van der Waals surface area (Å²) in [6, 6.07) is 7.23. The average Bonchev–Trinajstić information content (AvgIpc) is 3.08. The van der Waals surface area contributed by atoms with Crippen molar-refractivity contribution < 1.29 is 14.3 Å². The molecule has 142 valence electrons. The van der Waals surface area contributed by atoms with Crippen LogP contribution in [0.2, 0.25) is 0 Å². The number of rotatable bonds is 5. The van der Waals surface area contributed by atoms with E-state index in [1.165, 1.54) is 0 Å². The van der Waals surface area contributed by atoms with Crippen molar-refractivity contribution in [2.75, 3.05) is 17.7 Å². The molecule has 6 aliphatic carbocycles. The summed E-state index contributed by atoms with van der Waals surface area (Å²) >= 11 is 0. The third kappa shape index (κ3) is 1.26. The Labute approximate surface area is 161 Å². The van der Waals surface area contributed by atoms with E-state index in [9.17, 15) is 9.59 Å². The largest absolute Gasteiger partial charge is 0.495 e. The number of amides is 2. The first-order valence-electron chi connectivity index (χ1n) is 9.91. The number of H-pyrrole nitrogens is 1. The highest BCUT2D eigenvalue weighted by Gasteiger charge is 3.06. The number of aromatic amines is 1. The second-order valence-corrected chi connectivity index (χ2v) is 9.00. The fraction of sp³-hybridized carbons (Fsp3) is 0.476. The smallest absolute Gasteiger partial charge is 0.261 e. The van der Waals surface area contributed by atoms with E-state index in [-0.39, 0.29) is 17.2 Å². The Morgan fingerprint density at radius 3 is 2.43 bits per heavy atom. The summed E-state index contributed by atoms with van der Waals surface area (Å²) in [5, 5.41) is 12.9. The van der Waals surface area contributed by atoms with Gasteiger partial charge in [-0.2, -0.15) is 5.10 Å². The van der Waals surface area contributed by atoms with E-state index in [0.717, 1.165) is 23.7 Å². The number of nitrogens with zero attached hydrogens (tertiary/aromatic N) is 1. The van der Waals surface area contributed by atoms with Crippen molar-refractivity contribution in [3.05, 3.63) is 35.5 Å². The van der Waals surface area contributed by atoms with Gasteiger partial charge in [0.25, 0.3) is 5.91 Å². The van der Waals surface area contributed by atoms with Gasteiger partial charge >= 0.3 is 0 Å². The molecule has 28 heavy (non-hydrogen) atoms. The van der Waals surface area contributed by atoms with Crippen LogP contribution in [0.5, 0.6) is 5.75 Å². The van der Waals surface area contributed by atoms with Crippen molar-refractivity contribution in [1.82, 2.24) is 10.2 Å². The van der Waals surface area contributed by atoms with Crippen LogP contribution >= 0.6 is 0 Å². The van der Waals surface area contributed by atoms with Crippen molar-refractivity contribution in [2.45, 2.75) is 6.92 Å². The Morgan fingerprint density at radius 1 is 1.07 bits per heavy atom. The van der Waals surface area contributed by atoms with Gasteiger partial charge in [-0.25, -0.2) is 0 Å².